The predicted octanol–water partition coefficient (Wildman–Crippen LogP) is 2.30. The van der Waals surface area contributed by atoms with Gasteiger partial charge in [0.1, 0.15) is 11.4 Å². The van der Waals surface area contributed by atoms with Gasteiger partial charge >= 0.3 is 12.1 Å². The lowest BCUT2D eigenvalue weighted by Crippen LogP contribution is -2.16. The largest absolute Gasteiger partial charge is 0.461 e. The van der Waals surface area contributed by atoms with Gasteiger partial charge in [0.2, 0.25) is 0 Å². The van der Waals surface area contributed by atoms with Crippen LogP contribution in [0.1, 0.15) is 33.6 Å². The lowest BCUT2D eigenvalue weighted by molar-refractivity contribution is -0.141. The fourth-order valence-electron chi connectivity index (χ4n) is 2.07. The van der Waals surface area contributed by atoms with Crippen molar-refractivity contribution in [2.75, 3.05) is 24.3 Å². The van der Waals surface area contributed by atoms with Crippen molar-refractivity contribution in [3.63, 3.8) is 0 Å². The molecule has 0 saturated carbocycles. The predicted molar refractivity (Wildman–Crippen MR) is 85.9 cm³/mol. The van der Waals surface area contributed by atoms with Crippen molar-refractivity contribution in [1.29, 1.82) is 0 Å². The molecule has 0 aliphatic heterocycles. The van der Waals surface area contributed by atoms with Gasteiger partial charge in [-0.3, -0.25) is 9.48 Å². The molecule has 2 heterocycles. The van der Waals surface area contributed by atoms with Crippen molar-refractivity contribution in [1.82, 2.24) is 14.8 Å². The standard InChI is InChI=1S/C15H16F3N5O3/c1-4-26-14(25)11-5-9(22-23(11)3)13(24)21-8-6-12(15(16,17)18)20-7-10(8)19-2/h5-7,19H,4H2,1-3H3,(H,20,21,24). The third-order valence-corrected chi connectivity index (χ3v) is 3.31. The molecular formula is C15H16F3N5O3. The van der Waals surface area contributed by atoms with Gasteiger partial charge in [-0.2, -0.15) is 18.3 Å². The molecule has 0 aromatic carbocycles. The van der Waals surface area contributed by atoms with E-state index in [0.29, 0.717) is 6.07 Å². The first kappa shape index (κ1) is 19.2. The number of pyridine rings is 1. The minimum Gasteiger partial charge on any atom is -0.461 e. The summed E-state index contributed by atoms with van der Waals surface area (Å²) in [6.45, 7) is 1.77. The number of halogens is 3. The number of alkyl halides is 3. The third kappa shape index (κ3) is 4.10. The number of aryl methyl sites for hydroxylation is 1. The summed E-state index contributed by atoms with van der Waals surface area (Å²) >= 11 is 0. The quantitative estimate of drug-likeness (QED) is 0.783. The van der Waals surface area contributed by atoms with E-state index in [0.717, 1.165) is 10.9 Å². The topological polar surface area (TPSA) is 98.1 Å². The number of aromatic nitrogens is 3. The second kappa shape index (κ2) is 7.42. The molecule has 140 valence electrons. The number of carbonyl (C=O) groups excluding carboxylic acids is 2. The first-order valence-corrected chi connectivity index (χ1v) is 7.44. The highest BCUT2D eigenvalue weighted by Gasteiger charge is 2.33. The minimum absolute atomic E-state index is 0.0385. The van der Waals surface area contributed by atoms with Crippen molar-refractivity contribution in [2.24, 2.45) is 7.05 Å². The summed E-state index contributed by atoms with van der Waals surface area (Å²) < 4.78 is 44.4. The van der Waals surface area contributed by atoms with Gasteiger partial charge in [0.25, 0.3) is 5.91 Å². The zero-order valence-corrected chi connectivity index (χ0v) is 14.1. The molecule has 8 nitrogen and oxygen atoms in total. The summed E-state index contributed by atoms with van der Waals surface area (Å²) in [5, 5.41) is 8.85. The number of hydrogen-bond acceptors (Lipinski definition) is 6. The van der Waals surface area contributed by atoms with Crippen LogP contribution in [0.2, 0.25) is 0 Å². The van der Waals surface area contributed by atoms with Gasteiger partial charge in [-0.15, -0.1) is 0 Å². The molecule has 0 spiro atoms. The number of hydrogen-bond donors (Lipinski definition) is 2. The fraction of sp³-hybridized carbons (Fsp3) is 0.333. The Morgan fingerprint density at radius 3 is 2.54 bits per heavy atom. The van der Waals surface area contributed by atoms with Crippen molar-refractivity contribution >= 4 is 23.3 Å². The summed E-state index contributed by atoms with van der Waals surface area (Å²) in [4.78, 5) is 27.4. The van der Waals surface area contributed by atoms with E-state index >= 15 is 0 Å². The van der Waals surface area contributed by atoms with Crippen LogP contribution in [-0.2, 0) is 18.0 Å². The number of carbonyl (C=O) groups is 2. The van der Waals surface area contributed by atoms with Gasteiger partial charge in [-0.1, -0.05) is 0 Å². The van der Waals surface area contributed by atoms with Crippen LogP contribution in [-0.4, -0.2) is 40.3 Å². The molecule has 0 unspecified atom stereocenters. The molecule has 1 amide bonds. The summed E-state index contributed by atoms with van der Waals surface area (Å²) in [5.41, 5.74) is -1.20. The van der Waals surface area contributed by atoms with E-state index in [2.05, 4.69) is 20.7 Å². The summed E-state index contributed by atoms with van der Waals surface area (Å²) in [6.07, 6.45) is -3.70. The number of nitrogens with zero attached hydrogens (tertiary/aromatic N) is 3. The molecule has 0 aliphatic carbocycles. The first-order valence-electron chi connectivity index (χ1n) is 7.44. The Morgan fingerprint density at radius 1 is 1.27 bits per heavy atom. The average Bonchev–Trinajstić information content (AvgIpc) is 2.96. The number of ether oxygens (including phenoxy) is 1. The van der Waals surface area contributed by atoms with Gasteiger partial charge in [0, 0.05) is 20.2 Å². The molecule has 0 atom stereocenters. The van der Waals surface area contributed by atoms with Crippen LogP contribution in [0.15, 0.2) is 18.3 Å². The van der Waals surface area contributed by atoms with Crippen LogP contribution >= 0.6 is 0 Å². The Morgan fingerprint density at radius 2 is 1.96 bits per heavy atom. The maximum atomic E-state index is 12.8. The van der Waals surface area contributed by atoms with Gasteiger partial charge in [0.15, 0.2) is 5.69 Å². The molecular weight excluding hydrogens is 355 g/mol. The highest BCUT2D eigenvalue weighted by molar-refractivity contribution is 6.05. The zero-order valence-electron chi connectivity index (χ0n) is 14.1. The Balaban J connectivity index is 2.30. The van der Waals surface area contributed by atoms with Crippen LogP contribution in [0, 0.1) is 0 Å². The summed E-state index contributed by atoms with van der Waals surface area (Å²) in [5.74, 6) is -1.45. The van der Waals surface area contributed by atoms with Crippen LogP contribution < -0.4 is 10.6 Å². The van der Waals surface area contributed by atoms with E-state index in [1.807, 2.05) is 0 Å². The normalized spacial score (nSPS) is 11.2. The van der Waals surface area contributed by atoms with E-state index in [1.54, 1.807) is 6.92 Å². The lowest BCUT2D eigenvalue weighted by Gasteiger charge is -2.12. The summed E-state index contributed by atoms with van der Waals surface area (Å²) in [6, 6.07) is 1.90. The Bertz CT molecular complexity index is 832. The summed E-state index contributed by atoms with van der Waals surface area (Å²) in [7, 11) is 2.91. The number of rotatable bonds is 5. The van der Waals surface area contributed by atoms with Gasteiger partial charge in [-0.25, -0.2) is 9.78 Å². The molecule has 2 aromatic heterocycles. The molecule has 0 radical (unpaired) electrons. The number of anilines is 2. The van der Waals surface area contributed by atoms with Gasteiger partial charge < -0.3 is 15.4 Å². The Labute approximate surface area is 146 Å². The third-order valence-electron chi connectivity index (χ3n) is 3.31. The fourth-order valence-corrected chi connectivity index (χ4v) is 2.07. The molecule has 2 N–H and O–H groups in total. The van der Waals surface area contributed by atoms with Crippen LogP contribution in [0.25, 0.3) is 0 Å². The average molecular weight is 371 g/mol. The molecule has 2 aromatic rings. The van der Waals surface area contributed by atoms with Gasteiger partial charge in [-0.05, 0) is 13.0 Å². The number of nitrogens with one attached hydrogen (secondary N) is 2. The molecule has 0 bridgehead atoms. The number of esters is 1. The van der Waals surface area contributed by atoms with E-state index in [-0.39, 0.29) is 29.4 Å². The SMILES string of the molecule is CCOC(=O)c1cc(C(=O)Nc2cc(C(F)(F)F)ncc2NC)nn1C. The molecule has 0 fully saturated rings. The van der Waals surface area contributed by atoms with Crippen LogP contribution in [0.5, 0.6) is 0 Å². The van der Waals surface area contributed by atoms with Crippen molar-refractivity contribution < 1.29 is 27.5 Å². The smallest absolute Gasteiger partial charge is 0.433 e. The zero-order chi connectivity index (χ0) is 19.5. The highest BCUT2D eigenvalue weighted by atomic mass is 19.4. The second-order valence-corrected chi connectivity index (χ2v) is 5.08. The van der Waals surface area contributed by atoms with E-state index in [1.165, 1.54) is 20.2 Å². The molecule has 0 saturated heterocycles. The van der Waals surface area contributed by atoms with E-state index in [4.69, 9.17) is 4.74 Å². The molecule has 2 rings (SSSR count). The van der Waals surface area contributed by atoms with Crippen molar-refractivity contribution in [3.05, 3.63) is 35.4 Å². The molecule has 26 heavy (non-hydrogen) atoms. The number of amides is 1. The highest BCUT2D eigenvalue weighted by Crippen LogP contribution is 2.32. The van der Waals surface area contributed by atoms with Gasteiger partial charge in [0.05, 0.1) is 24.2 Å². The van der Waals surface area contributed by atoms with Crippen LogP contribution in [0.4, 0.5) is 24.5 Å². The molecule has 11 heteroatoms. The van der Waals surface area contributed by atoms with Crippen molar-refractivity contribution in [3.8, 4) is 0 Å². The maximum Gasteiger partial charge on any atom is 0.433 e. The maximum absolute atomic E-state index is 12.8. The van der Waals surface area contributed by atoms with E-state index in [9.17, 15) is 22.8 Å². The minimum atomic E-state index is -4.66. The van der Waals surface area contributed by atoms with Crippen LogP contribution in [0.3, 0.4) is 0 Å². The second-order valence-electron chi connectivity index (χ2n) is 5.08. The van der Waals surface area contributed by atoms with E-state index < -0.39 is 23.7 Å². The van der Waals surface area contributed by atoms with Crippen molar-refractivity contribution in [2.45, 2.75) is 13.1 Å². The molecule has 0 aliphatic rings. The lowest BCUT2D eigenvalue weighted by atomic mass is 10.2. The Kier molecular flexibility index (Phi) is 5.48. The first-order chi connectivity index (χ1) is 12.2. The monoisotopic (exact) mass is 371 g/mol. The Hall–Kier alpha value is -3.11.